The van der Waals surface area contributed by atoms with E-state index < -0.39 is 6.04 Å². The zero-order valence-corrected chi connectivity index (χ0v) is 23.2. The van der Waals surface area contributed by atoms with Gasteiger partial charge in [-0.2, -0.15) is 0 Å². The molecule has 1 saturated heterocycles. The number of carbonyl (C=O) groups excluding carboxylic acids is 2. The number of allylic oxidation sites excluding steroid dienone is 5. The van der Waals surface area contributed by atoms with E-state index in [9.17, 15) is 9.59 Å². The molecule has 1 fully saturated rings. The lowest BCUT2D eigenvalue weighted by atomic mass is 9.89. The summed E-state index contributed by atoms with van der Waals surface area (Å²) in [6.07, 6.45) is 6.36. The highest BCUT2D eigenvalue weighted by atomic mass is 35.5. The van der Waals surface area contributed by atoms with Crippen molar-refractivity contribution in [1.82, 2.24) is 4.90 Å². The molecule has 4 nitrogen and oxygen atoms in total. The van der Waals surface area contributed by atoms with Gasteiger partial charge in [-0.25, -0.2) is 0 Å². The van der Waals surface area contributed by atoms with Gasteiger partial charge >= 0.3 is 0 Å². The summed E-state index contributed by atoms with van der Waals surface area (Å²) >= 11 is 24.8. The summed E-state index contributed by atoms with van der Waals surface area (Å²) in [6, 6.07) is 14.0. The van der Waals surface area contributed by atoms with Gasteiger partial charge in [0, 0.05) is 29.3 Å². The molecule has 0 saturated carbocycles. The van der Waals surface area contributed by atoms with Crippen LogP contribution in [0, 0.1) is 5.92 Å². The number of carbonyl (C=O) groups is 2. The van der Waals surface area contributed by atoms with Gasteiger partial charge in [0.15, 0.2) is 5.78 Å². The van der Waals surface area contributed by atoms with Gasteiger partial charge in [-0.05, 0) is 59.7 Å². The third-order valence-electron chi connectivity index (χ3n) is 6.39. The van der Waals surface area contributed by atoms with Crippen molar-refractivity contribution >= 4 is 64.2 Å². The Balaban J connectivity index is 1.67. The normalized spacial score (nSPS) is 21.5. The molecule has 1 heterocycles. The van der Waals surface area contributed by atoms with Crippen molar-refractivity contribution in [2.75, 3.05) is 13.1 Å². The molecule has 1 aliphatic heterocycles. The van der Waals surface area contributed by atoms with E-state index in [0.29, 0.717) is 49.7 Å². The number of hydrogen-bond acceptors (Lipinski definition) is 3. The number of rotatable bonds is 5. The highest BCUT2D eigenvalue weighted by Crippen LogP contribution is 2.35. The van der Waals surface area contributed by atoms with Crippen LogP contribution in [0.4, 0.5) is 0 Å². The number of Topliss-reactive ketones (excluding diaryl/α,β-unsaturated/α-hetero) is 1. The summed E-state index contributed by atoms with van der Waals surface area (Å²) in [5.74, 6) is -0.334. The Kier molecular flexibility index (Phi) is 8.99. The molecule has 0 bridgehead atoms. The topological polar surface area (TPSA) is 63.4 Å². The maximum Gasteiger partial charge on any atom is 0.240 e. The number of nitrogens with two attached hydrogens (primary N) is 1. The van der Waals surface area contributed by atoms with Crippen LogP contribution in [0.5, 0.6) is 0 Å². The number of benzene rings is 2. The molecule has 2 aromatic rings. The molecule has 192 valence electrons. The fraction of sp³-hybridized carbons (Fsp3) is 0.241. The first-order valence-corrected chi connectivity index (χ1v) is 13.4. The summed E-state index contributed by atoms with van der Waals surface area (Å²) in [4.78, 5) is 28.6. The standard InChI is InChI=1S/C29H26Cl4N2O2/c1-17-9-20(13-25(32)27(17)33)11-22-16-35(29(37)26(34)14-18-5-3-2-4-6-18)15-21(28(22)36)10-19-7-8-23(30)24(31)12-19/h2-8,10-13,17,26H,9,14-16,34H2,1H3/b21-10+,22-11+/t17?,26-/m0/s1. The first-order valence-electron chi connectivity index (χ1n) is 11.9. The Labute approximate surface area is 237 Å². The molecule has 37 heavy (non-hydrogen) atoms. The predicted molar refractivity (Wildman–Crippen MR) is 153 cm³/mol. The SMILES string of the molecule is CC1CC(/C=C2\CN(C(=O)[C@@H](N)Cc3ccccc3)C/C(=C\c3ccc(Cl)c(Cl)c3)C2=O)=CC(Cl)=C1Cl. The van der Waals surface area contributed by atoms with Gasteiger partial charge in [-0.3, -0.25) is 9.59 Å². The Hall–Kier alpha value is -2.34. The summed E-state index contributed by atoms with van der Waals surface area (Å²) in [5.41, 5.74) is 9.84. The van der Waals surface area contributed by atoms with Crippen LogP contribution in [0.1, 0.15) is 24.5 Å². The molecule has 0 radical (unpaired) electrons. The summed E-state index contributed by atoms with van der Waals surface area (Å²) in [5, 5.41) is 1.86. The van der Waals surface area contributed by atoms with Crippen LogP contribution >= 0.6 is 46.4 Å². The minimum atomic E-state index is -0.742. The molecule has 2 N–H and O–H groups in total. The summed E-state index contributed by atoms with van der Waals surface area (Å²) in [7, 11) is 0. The summed E-state index contributed by atoms with van der Waals surface area (Å²) < 4.78 is 0. The van der Waals surface area contributed by atoms with Gasteiger partial charge in [0.05, 0.1) is 21.1 Å². The molecule has 8 heteroatoms. The molecule has 2 aromatic carbocycles. The Morgan fingerprint density at radius 2 is 1.70 bits per heavy atom. The second-order valence-electron chi connectivity index (χ2n) is 9.35. The lowest BCUT2D eigenvalue weighted by Gasteiger charge is -2.32. The maximum atomic E-state index is 13.5. The summed E-state index contributed by atoms with van der Waals surface area (Å²) in [6.45, 7) is 2.27. The fourth-order valence-corrected chi connectivity index (χ4v) is 5.25. The van der Waals surface area contributed by atoms with Crippen molar-refractivity contribution in [3.63, 3.8) is 0 Å². The molecule has 1 aliphatic carbocycles. The molecule has 0 spiro atoms. The second-order valence-corrected chi connectivity index (χ2v) is 11.0. The van der Waals surface area contributed by atoms with Crippen LogP contribution in [0.25, 0.3) is 6.08 Å². The van der Waals surface area contributed by atoms with E-state index in [1.165, 1.54) is 0 Å². The van der Waals surface area contributed by atoms with Crippen molar-refractivity contribution in [3.05, 3.63) is 109 Å². The van der Waals surface area contributed by atoms with E-state index in [1.54, 1.807) is 35.3 Å². The molecular formula is C29H26Cl4N2O2. The average molecular weight is 576 g/mol. The van der Waals surface area contributed by atoms with Crippen molar-refractivity contribution in [3.8, 4) is 0 Å². The number of hydrogen-bond donors (Lipinski definition) is 1. The van der Waals surface area contributed by atoms with E-state index >= 15 is 0 Å². The van der Waals surface area contributed by atoms with E-state index in [4.69, 9.17) is 52.1 Å². The van der Waals surface area contributed by atoms with Gasteiger partial charge in [0.1, 0.15) is 0 Å². The monoisotopic (exact) mass is 574 g/mol. The Bertz CT molecular complexity index is 1340. The fourth-order valence-electron chi connectivity index (χ4n) is 4.48. The molecule has 2 aliphatic rings. The van der Waals surface area contributed by atoms with E-state index in [0.717, 1.165) is 11.1 Å². The first-order chi connectivity index (χ1) is 17.6. The van der Waals surface area contributed by atoms with Crippen LogP contribution in [0.2, 0.25) is 10.0 Å². The second kappa shape index (κ2) is 12.0. The van der Waals surface area contributed by atoms with Crippen LogP contribution < -0.4 is 5.73 Å². The van der Waals surface area contributed by atoms with Crippen molar-refractivity contribution in [2.24, 2.45) is 11.7 Å². The number of likely N-dealkylation sites (tertiary alicyclic amines) is 1. The average Bonchev–Trinajstić information content (AvgIpc) is 2.87. The quantitative estimate of drug-likeness (QED) is 0.393. The molecule has 1 amide bonds. The Morgan fingerprint density at radius 3 is 2.35 bits per heavy atom. The molecular weight excluding hydrogens is 550 g/mol. The molecule has 0 aromatic heterocycles. The smallest absolute Gasteiger partial charge is 0.240 e. The van der Waals surface area contributed by atoms with Crippen LogP contribution in [-0.4, -0.2) is 35.7 Å². The zero-order valence-electron chi connectivity index (χ0n) is 20.2. The number of ketones is 1. The zero-order chi connectivity index (χ0) is 26.7. The minimum Gasteiger partial charge on any atom is -0.332 e. The molecule has 2 atom stereocenters. The van der Waals surface area contributed by atoms with Gasteiger partial charge in [0.2, 0.25) is 5.91 Å². The van der Waals surface area contributed by atoms with Crippen molar-refractivity contribution < 1.29 is 9.59 Å². The third-order valence-corrected chi connectivity index (χ3v) is 8.12. The first kappa shape index (κ1) is 27.7. The Morgan fingerprint density at radius 1 is 1.03 bits per heavy atom. The maximum absolute atomic E-state index is 13.5. The van der Waals surface area contributed by atoms with Gasteiger partial charge < -0.3 is 10.6 Å². The predicted octanol–water partition coefficient (Wildman–Crippen LogP) is 6.94. The van der Waals surface area contributed by atoms with Gasteiger partial charge in [-0.1, -0.05) is 95.8 Å². The van der Waals surface area contributed by atoms with Crippen LogP contribution in [0.3, 0.4) is 0 Å². The lowest BCUT2D eigenvalue weighted by Crippen LogP contribution is -2.49. The van der Waals surface area contributed by atoms with Crippen molar-refractivity contribution in [1.29, 1.82) is 0 Å². The highest BCUT2D eigenvalue weighted by Gasteiger charge is 2.32. The van der Waals surface area contributed by atoms with Crippen LogP contribution in [-0.2, 0) is 16.0 Å². The molecule has 1 unspecified atom stereocenters. The van der Waals surface area contributed by atoms with Gasteiger partial charge in [0.25, 0.3) is 0 Å². The number of piperidine rings is 1. The highest BCUT2D eigenvalue weighted by molar-refractivity contribution is 6.42. The number of nitrogens with zero attached hydrogens (tertiary/aromatic N) is 1. The van der Waals surface area contributed by atoms with E-state index in [1.807, 2.05) is 43.3 Å². The third kappa shape index (κ3) is 6.76. The van der Waals surface area contributed by atoms with E-state index in [-0.39, 0.29) is 30.7 Å². The number of amides is 1. The number of halogens is 4. The minimum absolute atomic E-state index is 0.0351. The molecule has 4 rings (SSSR count). The van der Waals surface area contributed by atoms with Crippen molar-refractivity contribution in [2.45, 2.75) is 25.8 Å². The van der Waals surface area contributed by atoms with Crippen LogP contribution in [0.15, 0.2) is 87.5 Å². The lowest BCUT2D eigenvalue weighted by molar-refractivity contribution is -0.132. The van der Waals surface area contributed by atoms with Gasteiger partial charge in [-0.15, -0.1) is 0 Å². The largest absolute Gasteiger partial charge is 0.332 e. The van der Waals surface area contributed by atoms with E-state index in [2.05, 4.69) is 0 Å².